The molecule has 31 heavy (non-hydrogen) atoms. The van der Waals surface area contributed by atoms with Crippen molar-refractivity contribution in [1.82, 2.24) is 0 Å². The maximum absolute atomic E-state index is 14.7. The van der Waals surface area contributed by atoms with Crippen molar-refractivity contribution in [3.8, 4) is 33.8 Å². The summed E-state index contributed by atoms with van der Waals surface area (Å²) in [6, 6.07) is 16.8. The average molecular weight is 430 g/mol. The first-order valence-corrected chi connectivity index (χ1v) is 9.02. The lowest BCUT2D eigenvalue weighted by molar-refractivity contribution is 0.368. The Labute approximate surface area is 173 Å². The highest BCUT2D eigenvalue weighted by Crippen LogP contribution is 2.43. The smallest absolute Gasteiger partial charge is 0.204 e. The van der Waals surface area contributed by atoms with Crippen molar-refractivity contribution in [1.29, 1.82) is 0 Å². The van der Waals surface area contributed by atoms with Gasteiger partial charge in [-0.25, -0.2) is 17.6 Å². The molecule has 0 fully saturated rings. The number of benzene rings is 4. The Bertz CT molecular complexity index is 1160. The molecule has 0 bridgehead atoms. The molecule has 0 aliphatic heterocycles. The lowest BCUT2D eigenvalue weighted by Gasteiger charge is -2.17. The Kier molecular flexibility index (Phi) is 5.42. The van der Waals surface area contributed by atoms with Crippen LogP contribution in [0, 0.1) is 34.9 Å². The summed E-state index contributed by atoms with van der Waals surface area (Å²) >= 11 is 0. The van der Waals surface area contributed by atoms with E-state index in [9.17, 15) is 26.3 Å². The SMILES string of the molecule is Fc1cc(-c2ccccc2)c(Oc2c(-c3ccccc3)cc(F)c(F)c2F)c(F)c1F. The highest BCUT2D eigenvalue weighted by Gasteiger charge is 2.27. The largest absolute Gasteiger partial charge is 0.450 e. The first-order chi connectivity index (χ1) is 14.9. The second-order valence-corrected chi connectivity index (χ2v) is 6.56. The third-order valence-corrected chi connectivity index (χ3v) is 4.61. The molecule has 0 heterocycles. The topological polar surface area (TPSA) is 9.23 Å². The zero-order valence-electron chi connectivity index (χ0n) is 15.6. The number of ether oxygens (including phenoxy) is 1. The minimum Gasteiger partial charge on any atom is -0.450 e. The van der Waals surface area contributed by atoms with E-state index in [1.165, 1.54) is 24.3 Å². The fraction of sp³-hybridized carbons (Fsp3) is 0. The molecule has 0 amide bonds. The van der Waals surface area contributed by atoms with E-state index in [2.05, 4.69) is 0 Å². The van der Waals surface area contributed by atoms with Crippen molar-refractivity contribution in [2.45, 2.75) is 0 Å². The molecular weight excluding hydrogens is 418 g/mol. The summed E-state index contributed by atoms with van der Waals surface area (Å²) in [4.78, 5) is 0. The molecule has 4 aromatic rings. The van der Waals surface area contributed by atoms with E-state index in [0.717, 1.165) is 0 Å². The predicted molar refractivity (Wildman–Crippen MR) is 104 cm³/mol. The van der Waals surface area contributed by atoms with Crippen LogP contribution in [0.15, 0.2) is 72.8 Å². The third kappa shape index (κ3) is 3.74. The monoisotopic (exact) mass is 430 g/mol. The molecule has 7 heteroatoms. The summed E-state index contributed by atoms with van der Waals surface area (Å²) in [5.41, 5.74) is -0.000560. The van der Waals surface area contributed by atoms with Crippen molar-refractivity contribution < 1.29 is 31.1 Å². The van der Waals surface area contributed by atoms with Gasteiger partial charge in [0.1, 0.15) is 0 Å². The minimum absolute atomic E-state index is 0.236. The van der Waals surface area contributed by atoms with Gasteiger partial charge >= 0.3 is 0 Å². The molecular formula is C24H12F6O. The van der Waals surface area contributed by atoms with Crippen LogP contribution < -0.4 is 4.74 Å². The van der Waals surface area contributed by atoms with Crippen LogP contribution >= 0.6 is 0 Å². The van der Waals surface area contributed by atoms with Gasteiger partial charge in [-0.15, -0.1) is 0 Å². The van der Waals surface area contributed by atoms with Crippen LogP contribution in [0.25, 0.3) is 22.3 Å². The van der Waals surface area contributed by atoms with Crippen molar-refractivity contribution in [2.75, 3.05) is 0 Å². The highest BCUT2D eigenvalue weighted by atomic mass is 19.2. The standard InChI is InChI=1S/C24H12F6O/c25-17-11-15(13-7-3-1-4-8-13)23(21(29)19(17)27)31-24-16(14-9-5-2-6-10-14)12-18(26)20(28)22(24)30/h1-12H. The number of rotatable bonds is 4. The van der Waals surface area contributed by atoms with Gasteiger partial charge < -0.3 is 4.74 Å². The van der Waals surface area contributed by atoms with Gasteiger partial charge in [-0.2, -0.15) is 8.78 Å². The average Bonchev–Trinajstić information content (AvgIpc) is 2.80. The number of hydrogen-bond donors (Lipinski definition) is 0. The maximum atomic E-state index is 14.7. The van der Waals surface area contributed by atoms with E-state index < -0.39 is 46.4 Å². The molecule has 0 aromatic heterocycles. The zero-order valence-corrected chi connectivity index (χ0v) is 15.6. The number of hydrogen-bond acceptors (Lipinski definition) is 1. The second kappa shape index (κ2) is 8.18. The van der Waals surface area contributed by atoms with Crippen LogP contribution in [0.4, 0.5) is 26.3 Å². The van der Waals surface area contributed by atoms with Crippen LogP contribution in [0.2, 0.25) is 0 Å². The Morgan fingerprint density at radius 1 is 0.452 bits per heavy atom. The Hall–Kier alpha value is -3.74. The lowest BCUT2D eigenvalue weighted by Crippen LogP contribution is -2.03. The molecule has 0 N–H and O–H groups in total. The van der Waals surface area contributed by atoms with Gasteiger partial charge in [0.15, 0.2) is 34.8 Å². The summed E-state index contributed by atoms with van der Waals surface area (Å²) in [5, 5.41) is 0. The van der Waals surface area contributed by atoms with Gasteiger partial charge in [0.2, 0.25) is 11.6 Å². The van der Waals surface area contributed by atoms with Crippen molar-refractivity contribution in [3.05, 3.63) is 108 Å². The van der Waals surface area contributed by atoms with Crippen molar-refractivity contribution >= 4 is 0 Å². The summed E-state index contributed by atoms with van der Waals surface area (Å²) in [7, 11) is 0. The minimum atomic E-state index is -1.85. The molecule has 0 atom stereocenters. The normalized spacial score (nSPS) is 10.9. The maximum Gasteiger partial charge on any atom is 0.204 e. The van der Waals surface area contributed by atoms with Crippen molar-refractivity contribution in [2.24, 2.45) is 0 Å². The summed E-state index contributed by atoms with van der Waals surface area (Å²) in [6.07, 6.45) is 0. The molecule has 4 rings (SSSR count). The van der Waals surface area contributed by atoms with E-state index in [1.54, 1.807) is 36.4 Å². The van der Waals surface area contributed by atoms with E-state index in [0.29, 0.717) is 12.1 Å². The van der Waals surface area contributed by atoms with Crippen LogP contribution in [0.5, 0.6) is 11.5 Å². The zero-order chi connectivity index (χ0) is 22.1. The van der Waals surface area contributed by atoms with Crippen LogP contribution in [0.1, 0.15) is 0 Å². The Morgan fingerprint density at radius 2 is 0.806 bits per heavy atom. The molecule has 0 unspecified atom stereocenters. The predicted octanol–water partition coefficient (Wildman–Crippen LogP) is 7.65. The fourth-order valence-corrected chi connectivity index (χ4v) is 3.12. The lowest BCUT2D eigenvalue weighted by atomic mass is 10.0. The van der Waals surface area contributed by atoms with Gasteiger partial charge in [-0.3, -0.25) is 0 Å². The molecule has 0 saturated carbocycles. The van der Waals surface area contributed by atoms with Gasteiger partial charge in [0.05, 0.1) is 0 Å². The van der Waals surface area contributed by atoms with Crippen molar-refractivity contribution in [3.63, 3.8) is 0 Å². The second-order valence-electron chi connectivity index (χ2n) is 6.56. The van der Waals surface area contributed by atoms with Crippen LogP contribution in [-0.4, -0.2) is 0 Å². The number of halogens is 6. The van der Waals surface area contributed by atoms with Gasteiger partial charge in [0.25, 0.3) is 0 Å². The van der Waals surface area contributed by atoms with Gasteiger partial charge in [-0.1, -0.05) is 60.7 Å². The summed E-state index contributed by atoms with van der Waals surface area (Å²) in [6.45, 7) is 0. The molecule has 0 saturated heterocycles. The first-order valence-electron chi connectivity index (χ1n) is 9.02. The molecule has 4 aromatic carbocycles. The first kappa shape index (κ1) is 20.5. The fourth-order valence-electron chi connectivity index (χ4n) is 3.12. The quantitative estimate of drug-likeness (QED) is 0.239. The Morgan fingerprint density at radius 3 is 1.16 bits per heavy atom. The van der Waals surface area contributed by atoms with Gasteiger partial charge in [-0.05, 0) is 23.3 Å². The molecule has 0 spiro atoms. The van der Waals surface area contributed by atoms with Gasteiger partial charge in [0, 0.05) is 11.1 Å². The molecule has 1 nitrogen and oxygen atoms in total. The molecule has 0 radical (unpaired) electrons. The van der Waals surface area contributed by atoms with E-state index >= 15 is 0 Å². The van der Waals surface area contributed by atoms with Crippen LogP contribution in [-0.2, 0) is 0 Å². The van der Waals surface area contributed by atoms with E-state index in [4.69, 9.17) is 4.74 Å². The van der Waals surface area contributed by atoms with Crippen LogP contribution in [0.3, 0.4) is 0 Å². The third-order valence-electron chi connectivity index (χ3n) is 4.61. The molecule has 0 aliphatic carbocycles. The molecule has 0 aliphatic rings. The Balaban J connectivity index is 1.97. The van der Waals surface area contributed by atoms with E-state index in [1.807, 2.05) is 0 Å². The summed E-state index contributed by atoms with van der Waals surface area (Å²) < 4.78 is 90.6. The van der Waals surface area contributed by atoms with E-state index in [-0.39, 0.29) is 22.3 Å². The summed E-state index contributed by atoms with van der Waals surface area (Å²) in [5.74, 6) is -11.9. The molecule has 156 valence electrons. The highest BCUT2D eigenvalue weighted by molar-refractivity contribution is 5.75.